The Morgan fingerprint density at radius 2 is 1.89 bits per heavy atom. The number of carbonyl (C=O) groups excluding carboxylic acids is 1. The zero-order valence-electron chi connectivity index (χ0n) is 16.8. The summed E-state index contributed by atoms with van der Waals surface area (Å²) in [6.45, 7) is 7.02. The van der Waals surface area contributed by atoms with E-state index >= 15 is 0 Å². The van der Waals surface area contributed by atoms with E-state index in [0.29, 0.717) is 13.0 Å². The standard InChI is InChI=1S/C24H28N2O2/c1-4-12-28-17-9-7-8-16(13-17)23-22-20(14-24(2,3)15-21(22)27)25-18-10-5-6-11-19(18)26-23/h5-11,13-14,22-23,25-26H,4,12,15H2,1-3H3/t22-,23-/m0/s1. The van der Waals surface area contributed by atoms with Crippen LogP contribution in [-0.2, 0) is 4.79 Å². The van der Waals surface area contributed by atoms with Crippen molar-refractivity contribution in [3.05, 3.63) is 65.9 Å². The molecule has 4 heteroatoms. The molecule has 0 radical (unpaired) electrons. The summed E-state index contributed by atoms with van der Waals surface area (Å²) < 4.78 is 5.84. The lowest BCUT2D eigenvalue weighted by molar-refractivity contribution is -0.124. The number of allylic oxidation sites excluding steroid dienone is 1. The highest BCUT2D eigenvalue weighted by molar-refractivity contribution is 5.90. The Hall–Kier alpha value is -2.75. The van der Waals surface area contributed by atoms with Crippen LogP contribution in [0.25, 0.3) is 0 Å². The maximum Gasteiger partial charge on any atom is 0.145 e. The van der Waals surface area contributed by atoms with Gasteiger partial charge in [-0.05, 0) is 41.7 Å². The molecule has 0 unspecified atom stereocenters. The van der Waals surface area contributed by atoms with Crippen LogP contribution < -0.4 is 15.4 Å². The number of hydrogen-bond donors (Lipinski definition) is 2. The van der Waals surface area contributed by atoms with E-state index in [4.69, 9.17) is 4.74 Å². The van der Waals surface area contributed by atoms with E-state index in [0.717, 1.165) is 34.8 Å². The number of anilines is 2. The summed E-state index contributed by atoms with van der Waals surface area (Å²) in [7, 11) is 0. The Kier molecular flexibility index (Phi) is 4.88. The average molecular weight is 377 g/mol. The van der Waals surface area contributed by atoms with Crippen molar-refractivity contribution in [1.82, 2.24) is 0 Å². The zero-order chi connectivity index (χ0) is 19.7. The van der Waals surface area contributed by atoms with Crippen LogP contribution in [0.3, 0.4) is 0 Å². The summed E-state index contributed by atoms with van der Waals surface area (Å²) in [5.74, 6) is 0.864. The molecule has 4 rings (SSSR count). The molecule has 2 aliphatic rings. The molecule has 2 aromatic rings. The maximum atomic E-state index is 13.2. The second kappa shape index (κ2) is 7.34. The van der Waals surface area contributed by atoms with Gasteiger partial charge in [-0.2, -0.15) is 0 Å². The van der Waals surface area contributed by atoms with Gasteiger partial charge >= 0.3 is 0 Å². The predicted octanol–water partition coefficient (Wildman–Crippen LogP) is 5.55. The van der Waals surface area contributed by atoms with Crippen molar-refractivity contribution in [2.75, 3.05) is 17.2 Å². The third kappa shape index (κ3) is 3.64. The topological polar surface area (TPSA) is 50.4 Å². The lowest BCUT2D eigenvalue weighted by Gasteiger charge is -2.35. The van der Waals surface area contributed by atoms with Gasteiger partial charge in [-0.3, -0.25) is 4.79 Å². The van der Waals surface area contributed by atoms with Gasteiger partial charge in [-0.25, -0.2) is 0 Å². The van der Waals surface area contributed by atoms with Gasteiger partial charge in [0.2, 0.25) is 0 Å². The summed E-state index contributed by atoms with van der Waals surface area (Å²) in [6.07, 6.45) is 3.74. The van der Waals surface area contributed by atoms with Crippen molar-refractivity contribution in [1.29, 1.82) is 0 Å². The number of rotatable bonds is 4. The Morgan fingerprint density at radius 3 is 2.68 bits per heavy atom. The van der Waals surface area contributed by atoms with E-state index < -0.39 is 0 Å². The van der Waals surface area contributed by atoms with Crippen LogP contribution in [0.1, 0.15) is 45.2 Å². The fourth-order valence-electron chi connectivity index (χ4n) is 4.19. The van der Waals surface area contributed by atoms with Crippen molar-refractivity contribution < 1.29 is 9.53 Å². The Labute approximate surface area is 167 Å². The van der Waals surface area contributed by atoms with Gasteiger partial charge in [0.1, 0.15) is 11.5 Å². The molecule has 0 saturated carbocycles. The van der Waals surface area contributed by atoms with Crippen molar-refractivity contribution in [3.8, 4) is 5.75 Å². The van der Waals surface area contributed by atoms with Crippen LogP contribution >= 0.6 is 0 Å². The molecule has 0 amide bonds. The lowest BCUT2D eigenvalue weighted by Crippen LogP contribution is -2.36. The Morgan fingerprint density at radius 1 is 1.11 bits per heavy atom. The van der Waals surface area contributed by atoms with Crippen molar-refractivity contribution in [2.45, 2.75) is 39.7 Å². The van der Waals surface area contributed by atoms with Gasteiger partial charge in [-0.1, -0.05) is 51.1 Å². The van der Waals surface area contributed by atoms with Crippen LogP contribution in [0.5, 0.6) is 5.75 Å². The zero-order valence-corrected chi connectivity index (χ0v) is 16.8. The SMILES string of the molecule is CCCOc1cccc([C@@H]2Nc3ccccc3NC3=CC(C)(C)CC(=O)[C@H]32)c1. The first kappa shape index (κ1) is 18.6. The predicted molar refractivity (Wildman–Crippen MR) is 114 cm³/mol. The van der Waals surface area contributed by atoms with E-state index in [1.807, 2.05) is 24.3 Å². The molecule has 2 aromatic carbocycles. The fourth-order valence-corrected chi connectivity index (χ4v) is 4.19. The minimum Gasteiger partial charge on any atom is -0.494 e. The number of ketones is 1. The molecule has 1 aliphatic carbocycles. The van der Waals surface area contributed by atoms with Crippen LogP contribution in [0.4, 0.5) is 11.4 Å². The average Bonchev–Trinajstić information content (AvgIpc) is 2.82. The first-order valence-electron chi connectivity index (χ1n) is 10.1. The molecule has 0 fully saturated rings. The van der Waals surface area contributed by atoms with Crippen molar-refractivity contribution >= 4 is 17.2 Å². The minimum absolute atomic E-state index is 0.142. The van der Waals surface area contributed by atoms with Gasteiger partial charge in [0, 0.05) is 12.1 Å². The number of hydrogen-bond acceptors (Lipinski definition) is 4. The molecule has 1 aliphatic heterocycles. The second-order valence-electron chi connectivity index (χ2n) is 8.42. The van der Waals surface area contributed by atoms with E-state index in [1.165, 1.54) is 0 Å². The van der Waals surface area contributed by atoms with Gasteiger partial charge in [-0.15, -0.1) is 0 Å². The van der Waals surface area contributed by atoms with Crippen LogP contribution in [0.15, 0.2) is 60.3 Å². The second-order valence-corrected chi connectivity index (χ2v) is 8.42. The van der Waals surface area contributed by atoms with Gasteiger partial charge in [0.05, 0.1) is 29.9 Å². The maximum absolute atomic E-state index is 13.2. The first-order valence-corrected chi connectivity index (χ1v) is 10.1. The molecule has 0 saturated heterocycles. The van der Waals surface area contributed by atoms with Crippen molar-refractivity contribution in [2.24, 2.45) is 11.3 Å². The molecule has 1 heterocycles. The number of benzene rings is 2. The van der Waals surface area contributed by atoms with Crippen LogP contribution in [0.2, 0.25) is 0 Å². The lowest BCUT2D eigenvalue weighted by atomic mass is 9.72. The summed E-state index contributed by atoms with van der Waals surface area (Å²) >= 11 is 0. The highest BCUT2D eigenvalue weighted by Gasteiger charge is 2.41. The molecule has 28 heavy (non-hydrogen) atoms. The molecule has 2 atom stereocenters. The number of fused-ring (bicyclic) bond motifs is 2. The molecular weight excluding hydrogens is 348 g/mol. The molecular formula is C24H28N2O2. The molecule has 2 N–H and O–H groups in total. The summed E-state index contributed by atoms with van der Waals surface area (Å²) in [6, 6.07) is 16.1. The van der Waals surface area contributed by atoms with Crippen LogP contribution in [-0.4, -0.2) is 12.4 Å². The molecule has 4 nitrogen and oxygen atoms in total. The van der Waals surface area contributed by atoms with Gasteiger partial charge < -0.3 is 15.4 Å². The number of nitrogens with one attached hydrogen (secondary N) is 2. The van der Waals surface area contributed by atoms with E-state index in [9.17, 15) is 4.79 Å². The molecule has 0 aromatic heterocycles. The third-order valence-electron chi connectivity index (χ3n) is 5.40. The number of para-hydroxylation sites is 2. The number of ether oxygens (including phenoxy) is 1. The molecule has 0 bridgehead atoms. The monoisotopic (exact) mass is 376 g/mol. The quantitative estimate of drug-likeness (QED) is 0.734. The highest BCUT2D eigenvalue weighted by atomic mass is 16.5. The van der Waals surface area contributed by atoms with Gasteiger partial charge in [0.25, 0.3) is 0 Å². The largest absolute Gasteiger partial charge is 0.494 e. The number of carbonyl (C=O) groups is 1. The van der Waals surface area contributed by atoms with E-state index in [-0.39, 0.29) is 23.2 Å². The fraction of sp³-hybridized carbons (Fsp3) is 0.375. The minimum atomic E-state index is -0.248. The summed E-state index contributed by atoms with van der Waals surface area (Å²) in [5.41, 5.74) is 3.92. The summed E-state index contributed by atoms with van der Waals surface area (Å²) in [4.78, 5) is 13.2. The number of Topliss-reactive ketones (excluding diaryl/α,β-unsaturated/α-hetero) is 1. The van der Waals surface area contributed by atoms with Crippen molar-refractivity contribution in [3.63, 3.8) is 0 Å². The molecule has 146 valence electrons. The smallest absolute Gasteiger partial charge is 0.145 e. The third-order valence-corrected chi connectivity index (χ3v) is 5.40. The Balaban J connectivity index is 1.80. The Bertz CT molecular complexity index is 916. The summed E-state index contributed by atoms with van der Waals surface area (Å²) in [5, 5.41) is 7.18. The first-order chi connectivity index (χ1) is 13.5. The normalized spacial score (nSPS) is 22.7. The molecule has 0 spiro atoms. The van der Waals surface area contributed by atoms with E-state index in [1.54, 1.807) is 0 Å². The highest BCUT2D eigenvalue weighted by Crippen LogP contribution is 2.45. The van der Waals surface area contributed by atoms with Crippen LogP contribution in [0, 0.1) is 11.3 Å². The van der Waals surface area contributed by atoms with Gasteiger partial charge in [0.15, 0.2) is 0 Å². The van der Waals surface area contributed by atoms with E-state index in [2.05, 4.69) is 61.7 Å².